The number of carbonyl (C=O) groups is 1. The molecule has 0 radical (unpaired) electrons. The first-order valence-corrected chi connectivity index (χ1v) is 6.87. The number of hydrogen-bond acceptors (Lipinski definition) is 5. The average molecular weight is 298 g/mol. The second-order valence-corrected chi connectivity index (χ2v) is 5.58. The molecule has 22 heavy (non-hydrogen) atoms. The number of nitriles is 1. The predicted molar refractivity (Wildman–Crippen MR) is 80.5 cm³/mol. The zero-order valence-corrected chi connectivity index (χ0v) is 13.1. The van der Waals surface area contributed by atoms with Gasteiger partial charge in [-0.2, -0.15) is 10.1 Å². The van der Waals surface area contributed by atoms with Crippen molar-refractivity contribution in [2.45, 2.75) is 32.9 Å². The Morgan fingerprint density at radius 3 is 2.73 bits per heavy atom. The number of tetrazole rings is 1. The van der Waals surface area contributed by atoms with E-state index in [0.717, 1.165) is 11.1 Å². The Labute approximate surface area is 129 Å². The Kier molecular flexibility index (Phi) is 4.22. The number of aryl methyl sites for hydroxylation is 1. The molecule has 1 amide bonds. The summed E-state index contributed by atoms with van der Waals surface area (Å²) < 4.78 is 0. The Morgan fingerprint density at radius 1 is 1.41 bits per heavy atom. The standard InChI is InChI=1S/C15H18N6O/c1-11-7-5-6-8-12(11)14-17-19-21(18-14)9-13(22)20(4)15(2,3)10-16/h5-8H,9H2,1-4H3. The first-order valence-electron chi connectivity index (χ1n) is 6.87. The molecule has 0 aliphatic carbocycles. The summed E-state index contributed by atoms with van der Waals surface area (Å²) in [6.07, 6.45) is 0. The quantitative estimate of drug-likeness (QED) is 0.851. The van der Waals surface area contributed by atoms with Gasteiger partial charge in [0.15, 0.2) is 0 Å². The summed E-state index contributed by atoms with van der Waals surface area (Å²) in [7, 11) is 1.59. The van der Waals surface area contributed by atoms with E-state index in [0.29, 0.717) is 5.82 Å². The molecule has 0 spiro atoms. The van der Waals surface area contributed by atoms with Gasteiger partial charge in [-0.15, -0.1) is 10.2 Å². The average Bonchev–Trinajstić information content (AvgIpc) is 2.95. The summed E-state index contributed by atoms with van der Waals surface area (Å²) in [4.78, 5) is 14.8. The molecule has 0 atom stereocenters. The molecule has 114 valence electrons. The van der Waals surface area contributed by atoms with Gasteiger partial charge in [0.25, 0.3) is 0 Å². The summed E-state index contributed by atoms with van der Waals surface area (Å²) in [5.41, 5.74) is 1.04. The molecular formula is C15H18N6O. The van der Waals surface area contributed by atoms with E-state index < -0.39 is 5.54 Å². The Balaban J connectivity index is 2.15. The van der Waals surface area contributed by atoms with Crippen LogP contribution in [0.3, 0.4) is 0 Å². The molecule has 7 heteroatoms. The second-order valence-electron chi connectivity index (χ2n) is 5.58. The molecule has 0 aliphatic rings. The zero-order chi connectivity index (χ0) is 16.3. The third-order valence-corrected chi connectivity index (χ3v) is 3.60. The monoisotopic (exact) mass is 298 g/mol. The molecule has 7 nitrogen and oxygen atoms in total. The largest absolute Gasteiger partial charge is 0.326 e. The summed E-state index contributed by atoms with van der Waals surface area (Å²) in [5.74, 6) is 0.230. The van der Waals surface area contributed by atoms with E-state index in [9.17, 15) is 4.79 Å². The lowest BCUT2D eigenvalue weighted by atomic mass is 10.1. The van der Waals surface area contributed by atoms with Crippen molar-refractivity contribution in [3.8, 4) is 17.5 Å². The number of carbonyl (C=O) groups excluding carboxylic acids is 1. The number of aromatic nitrogens is 4. The van der Waals surface area contributed by atoms with E-state index in [-0.39, 0.29) is 12.5 Å². The van der Waals surface area contributed by atoms with Gasteiger partial charge in [0.05, 0.1) is 6.07 Å². The van der Waals surface area contributed by atoms with Crippen LogP contribution in [0.1, 0.15) is 19.4 Å². The van der Waals surface area contributed by atoms with E-state index in [4.69, 9.17) is 5.26 Å². The molecule has 1 aromatic heterocycles. The van der Waals surface area contributed by atoms with Gasteiger partial charge in [-0.25, -0.2) is 0 Å². The molecule has 1 heterocycles. The lowest BCUT2D eigenvalue weighted by Crippen LogP contribution is -2.45. The second kappa shape index (κ2) is 5.93. The van der Waals surface area contributed by atoms with Crippen molar-refractivity contribution in [1.82, 2.24) is 25.1 Å². The molecule has 0 fully saturated rings. The maximum absolute atomic E-state index is 12.2. The topological polar surface area (TPSA) is 87.7 Å². The highest BCUT2D eigenvalue weighted by Gasteiger charge is 2.27. The normalized spacial score (nSPS) is 11.0. The van der Waals surface area contributed by atoms with Crippen LogP contribution in [0.4, 0.5) is 0 Å². The minimum atomic E-state index is -0.878. The Hall–Kier alpha value is -2.75. The van der Waals surface area contributed by atoms with Crippen molar-refractivity contribution in [2.75, 3.05) is 7.05 Å². The van der Waals surface area contributed by atoms with E-state index in [2.05, 4.69) is 21.5 Å². The summed E-state index contributed by atoms with van der Waals surface area (Å²) >= 11 is 0. The molecule has 0 unspecified atom stereocenters. The van der Waals surface area contributed by atoms with Crippen LogP contribution < -0.4 is 0 Å². The van der Waals surface area contributed by atoms with Crippen molar-refractivity contribution >= 4 is 5.91 Å². The van der Waals surface area contributed by atoms with Crippen LogP contribution >= 0.6 is 0 Å². The Bertz CT molecular complexity index is 728. The van der Waals surface area contributed by atoms with Crippen molar-refractivity contribution in [3.05, 3.63) is 29.8 Å². The predicted octanol–water partition coefficient (Wildman–Crippen LogP) is 1.41. The summed E-state index contributed by atoms with van der Waals surface area (Å²) in [6, 6.07) is 9.79. The lowest BCUT2D eigenvalue weighted by Gasteiger charge is -2.28. The molecule has 1 aromatic carbocycles. The van der Waals surface area contributed by atoms with E-state index >= 15 is 0 Å². The van der Waals surface area contributed by atoms with Crippen LogP contribution in [0.2, 0.25) is 0 Å². The van der Waals surface area contributed by atoms with Crippen LogP contribution in [0.25, 0.3) is 11.4 Å². The Morgan fingerprint density at radius 2 is 2.09 bits per heavy atom. The summed E-state index contributed by atoms with van der Waals surface area (Å²) in [5, 5.41) is 21.2. The van der Waals surface area contributed by atoms with Gasteiger partial charge < -0.3 is 4.90 Å². The molecular weight excluding hydrogens is 280 g/mol. The van der Waals surface area contributed by atoms with Crippen molar-refractivity contribution in [3.63, 3.8) is 0 Å². The van der Waals surface area contributed by atoms with Crippen LogP contribution in [0, 0.1) is 18.3 Å². The lowest BCUT2D eigenvalue weighted by molar-refractivity contribution is -0.134. The molecule has 0 bridgehead atoms. The SMILES string of the molecule is Cc1ccccc1-c1nnn(CC(=O)N(C)C(C)(C)C#N)n1. The smallest absolute Gasteiger partial charge is 0.247 e. The third kappa shape index (κ3) is 3.11. The van der Waals surface area contributed by atoms with Gasteiger partial charge in [-0.1, -0.05) is 24.3 Å². The fourth-order valence-corrected chi connectivity index (χ4v) is 1.86. The number of hydrogen-bond donors (Lipinski definition) is 0. The fourth-order valence-electron chi connectivity index (χ4n) is 1.86. The number of nitrogens with zero attached hydrogens (tertiary/aromatic N) is 6. The van der Waals surface area contributed by atoms with Gasteiger partial charge in [0.1, 0.15) is 12.1 Å². The van der Waals surface area contributed by atoms with Gasteiger partial charge in [0, 0.05) is 12.6 Å². The zero-order valence-electron chi connectivity index (χ0n) is 13.1. The molecule has 0 N–H and O–H groups in total. The van der Waals surface area contributed by atoms with Gasteiger partial charge in [0.2, 0.25) is 11.7 Å². The van der Waals surface area contributed by atoms with E-state index in [1.54, 1.807) is 20.9 Å². The summed E-state index contributed by atoms with van der Waals surface area (Å²) in [6.45, 7) is 5.27. The van der Waals surface area contributed by atoms with Gasteiger partial charge in [-0.3, -0.25) is 4.79 Å². The van der Waals surface area contributed by atoms with Crippen molar-refractivity contribution in [1.29, 1.82) is 5.26 Å². The number of benzene rings is 1. The minimum absolute atomic E-state index is 0.0551. The van der Waals surface area contributed by atoms with Crippen LogP contribution in [-0.4, -0.2) is 43.6 Å². The molecule has 0 saturated carbocycles. The minimum Gasteiger partial charge on any atom is -0.326 e. The number of rotatable bonds is 4. The van der Waals surface area contributed by atoms with Gasteiger partial charge in [-0.05, 0) is 31.5 Å². The van der Waals surface area contributed by atoms with Gasteiger partial charge >= 0.3 is 0 Å². The molecule has 2 rings (SSSR count). The first-order chi connectivity index (χ1) is 10.3. The highest BCUT2D eigenvalue weighted by molar-refractivity contribution is 5.76. The number of amides is 1. The third-order valence-electron chi connectivity index (χ3n) is 3.60. The van der Waals surface area contributed by atoms with Crippen molar-refractivity contribution < 1.29 is 4.79 Å². The van der Waals surface area contributed by atoms with E-state index in [1.807, 2.05) is 31.2 Å². The maximum Gasteiger partial charge on any atom is 0.247 e. The molecule has 0 aliphatic heterocycles. The van der Waals surface area contributed by atoms with Crippen LogP contribution in [0.5, 0.6) is 0 Å². The first kappa shape index (κ1) is 15.6. The highest BCUT2D eigenvalue weighted by atomic mass is 16.2. The highest BCUT2D eigenvalue weighted by Crippen LogP contribution is 2.18. The maximum atomic E-state index is 12.2. The molecule has 0 saturated heterocycles. The number of likely N-dealkylation sites (N-methyl/N-ethyl adjacent to an activating group) is 1. The fraction of sp³-hybridized carbons (Fsp3) is 0.400. The van der Waals surface area contributed by atoms with Crippen LogP contribution in [0.15, 0.2) is 24.3 Å². The molecule has 2 aromatic rings. The van der Waals surface area contributed by atoms with Crippen molar-refractivity contribution in [2.24, 2.45) is 0 Å². The van der Waals surface area contributed by atoms with Crippen LogP contribution in [-0.2, 0) is 11.3 Å². The van der Waals surface area contributed by atoms with E-state index in [1.165, 1.54) is 9.70 Å².